The van der Waals surface area contributed by atoms with Crippen LogP contribution >= 0.6 is 0 Å². The lowest BCUT2D eigenvalue weighted by Gasteiger charge is -2.28. The Bertz CT molecular complexity index is 982. The van der Waals surface area contributed by atoms with Crippen molar-refractivity contribution in [3.8, 4) is 0 Å². The van der Waals surface area contributed by atoms with E-state index in [1.807, 2.05) is 31.2 Å². The Morgan fingerprint density at radius 1 is 1.03 bits per heavy atom. The van der Waals surface area contributed by atoms with Crippen LogP contribution in [-0.2, 0) is 14.8 Å². The molecule has 0 aliphatic carbocycles. The first kappa shape index (κ1) is 22.1. The van der Waals surface area contributed by atoms with Crippen molar-refractivity contribution in [2.24, 2.45) is 0 Å². The molecule has 1 aliphatic rings. The average molecular weight is 431 g/mol. The second kappa shape index (κ2) is 9.49. The van der Waals surface area contributed by atoms with Gasteiger partial charge in [-0.25, -0.2) is 12.7 Å². The lowest BCUT2D eigenvalue weighted by atomic mass is 10.1. The van der Waals surface area contributed by atoms with Crippen LogP contribution in [0.5, 0.6) is 0 Å². The number of piperidine rings is 1. The molecule has 0 spiro atoms. The number of benzene rings is 2. The van der Waals surface area contributed by atoms with Crippen molar-refractivity contribution in [3.63, 3.8) is 0 Å². The van der Waals surface area contributed by atoms with Crippen LogP contribution in [0.25, 0.3) is 0 Å². The monoisotopic (exact) mass is 430 g/mol. The maximum absolute atomic E-state index is 12.4. The maximum Gasteiger partial charge on any atom is 0.243 e. The largest absolute Gasteiger partial charge is 0.376 e. The molecule has 3 rings (SSSR count). The highest BCUT2D eigenvalue weighted by atomic mass is 32.2. The van der Waals surface area contributed by atoms with Crippen molar-refractivity contribution in [3.05, 3.63) is 48.0 Å². The fraction of sp³-hybridized carbons (Fsp3) is 0.409. The van der Waals surface area contributed by atoms with Crippen molar-refractivity contribution < 1.29 is 13.2 Å². The van der Waals surface area contributed by atoms with Crippen molar-refractivity contribution in [1.29, 1.82) is 0 Å². The SMILES string of the molecule is Cc1ccc(S(=O)(=O)N(C)C)cc1NCC(=O)Nc1ccc(N2CCCCC2)cc1. The molecular weight excluding hydrogens is 400 g/mol. The Hall–Kier alpha value is -2.58. The van der Waals surface area contributed by atoms with Crippen molar-refractivity contribution in [2.45, 2.75) is 31.1 Å². The fourth-order valence-electron chi connectivity index (χ4n) is 3.45. The molecule has 1 saturated heterocycles. The van der Waals surface area contributed by atoms with Crippen LogP contribution in [0.2, 0.25) is 0 Å². The maximum atomic E-state index is 12.4. The Morgan fingerprint density at radius 3 is 2.33 bits per heavy atom. The molecule has 7 nitrogen and oxygen atoms in total. The third-order valence-electron chi connectivity index (χ3n) is 5.30. The van der Waals surface area contributed by atoms with Gasteiger partial charge in [-0.3, -0.25) is 4.79 Å². The summed E-state index contributed by atoms with van der Waals surface area (Å²) in [6.45, 7) is 4.07. The van der Waals surface area contributed by atoms with Gasteiger partial charge >= 0.3 is 0 Å². The first-order valence-electron chi connectivity index (χ1n) is 10.2. The summed E-state index contributed by atoms with van der Waals surface area (Å²) >= 11 is 0. The van der Waals surface area contributed by atoms with Gasteiger partial charge in [0.05, 0.1) is 11.4 Å². The van der Waals surface area contributed by atoms with Gasteiger partial charge in [0, 0.05) is 44.2 Å². The van der Waals surface area contributed by atoms with Gasteiger partial charge < -0.3 is 15.5 Å². The fourth-order valence-corrected chi connectivity index (χ4v) is 4.38. The average Bonchev–Trinajstić information content (AvgIpc) is 2.74. The highest BCUT2D eigenvalue weighted by molar-refractivity contribution is 7.89. The number of anilines is 3. The van der Waals surface area contributed by atoms with E-state index in [2.05, 4.69) is 15.5 Å². The molecule has 1 fully saturated rings. The summed E-state index contributed by atoms with van der Waals surface area (Å²) in [5.41, 5.74) is 3.41. The van der Waals surface area contributed by atoms with E-state index in [4.69, 9.17) is 0 Å². The van der Waals surface area contributed by atoms with Crippen LogP contribution in [0.3, 0.4) is 0 Å². The van der Waals surface area contributed by atoms with Crippen LogP contribution < -0.4 is 15.5 Å². The molecule has 2 aromatic rings. The molecule has 0 radical (unpaired) electrons. The number of hydrogen-bond donors (Lipinski definition) is 2. The van der Waals surface area contributed by atoms with Gasteiger partial charge in [-0.15, -0.1) is 0 Å². The smallest absolute Gasteiger partial charge is 0.243 e. The molecule has 0 saturated carbocycles. The molecule has 1 heterocycles. The summed E-state index contributed by atoms with van der Waals surface area (Å²) in [7, 11) is -0.543. The molecule has 30 heavy (non-hydrogen) atoms. The van der Waals surface area contributed by atoms with Gasteiger partial charge in [0.1, 0.15) is 0 Å². The van der Waals surface area contributed by atoms with Gasteiger partial charge in [-0.1, -0.05) is 6.07 Å². The van der Waals surface area contributed by atoms with Crippen LogP contribution in [0, 0.1) is 6.92 Å². The summed E-state index contributed by atoms with van der Waals surface area (Å²) in [6.07, 6.45) is 3.74. The van der Waals surface area contributed by atoms with E-state index in [-0.39, 0.29) is 17.3 Å². The molecule has 0 aromatic heterocycles. The van der Waals surface area contributed by atoms with E-state index >= 15 is 0 Å². The van der Waals surface area contributed by atoms with E-state index < -0.39 is 10.0 Å². The summed E-state index contributed by atoms with van der Waals surface area (Å²) in [4.78, 5) is 14.9. The standard InChI is InChI=1S/C22H30N4O3S/c1-17-7-12-20(30(28,29)25(2)3)15-21(17)23-16-22(27)24-18-8-10-19(11-9-18)26-13-5-4-6-14-26/h7-12,15,23H,4-6,13-14,16H2,1-3H3,(H,24,27). The number of aryl methyl sites for hydroxylation is 1. The predicted molar refractivity (Wildman–Crippen MR) is 122 cm³/mol. The van der Waals surface area contributed by atoms with E-state index in [1.54, 1.807) is 18.2 Å². The molecular formula is C22H30N4O3S. The number of hydrogen-bond acceptors (Lipinski definition) is 5. The minimum atomic E-state index is -3.53. The number of sulfonamides is 1. The van der Waals surface area contributed by atoms with Crippen LogP contribution in [0.4, 0.5) is 17.1 Å². The third-order valence-corrected chi connectivity index (χ3v) is 7.11. The minimum Gasteiger partial charge on any atom is -0.376 e. The highest BCUT2D eigenvalue weighted by Crippen LogP contribution is 2.23. The molecule has 1 aliphatic heterocycles. The second-order valence-corrected chi connectivity index (χ2v) is 9.91. The normalized spacial score (nSPS) is 14.6. The Balaban J connectivity index is 1.59. The lowest BCUT2D eigenvalue weighted by molar-refractivity contribution is -0.114. The number of carbonyl (C=O) groups is 1. The number of carbonyl (C=O) groups excluding carboxylic acids is 1. The molecule has 2 aromatic carbocycles. The third kappa shape index (κ3) is 5.31. The molecule has 0 bridgehead atoms. The number of amides is 1. The summed E-state index contributed by atoms with van der Waals surface area (Å²) < 4.78 is 25.8. The van der Waals surface area contributed by atoms with Crippen LogP contribution in [-0.4, -0.2) is 52.4 Å². The van der Waals surface area contributed by atoms with Crippen molar-refractivity contribution in [1.82, 2.24) is 4.31 Å². The zero-order valence-corrected chi connectivity index (χ0v) is 18.6. The number of nitrogens with zero attached hydrogens (tertiary/aromatic N) is 2. The quantitative estimate of drug-likeness (QED) is 0.704. The predicted octanol–water partition coefficient (Wildman–Crippen LogP) is 3.29. The highest BCUT2D eigenvalue weighted by Gasteiger charge is 2.18. The summed E-state index contributed by atoms with van der Waals surface area (Å²) in [5.74, 6) is -0.194. The van der Waals surface area contributed by atoms with Gasteiger partial charge in [0.25, 0.3) is 0 Å². The Kier molecular flexibility index (Phi) is 6.99. The van der Waals surface area contributed by atoms with Gasteiger partial charge in [-0.2, -0.15) is 0 Å². The van der Waals surface area contributed by atoms with Crippen LogP contribution in [0.15, 0.2) is 47.4 Å². The molecule has 0 unspecified atom stereocenters. The first-order chi connectivity index (χ1) is 14.3. The number of nitrogens with one attached hydrogen (secondary N) is 2. The molecule has 1 amide bonds. The lowest BCUT2D eigenvalue weighted by Crippen LogP contribution is -2.29. The molecule has 2 N–H and O–H groups in total. The van der Waals surface area contributed by atoms with Crippen molar-refractivity contribution >= 4 is 33.0 Å². The van der Waals surface area contributed by atoms with Gasteiger partial charge in [0.15, 0.2) is 0 Å². The van der Waals surface area contributed by atoms with E-state index in [1.165, 1.54) is 43.4 Å². The first-order valence-corrected chi connectivity index (χ1v) is 11.6. The molecule has 162 valence electrons. The second-order valence-electron chi connectivity index (χ2n) is 7.76. The van der Waals surface area contributed by atoms with Crippen LogP contribution in [0.1, 0.15) is 24.8 Å². The molecule has 8 heteroatoms. The Labute approximate surface area is 179 Å². The van der Waals surface area contributed by atoms with Crippen molar-refractivity contribution in [2.75, 3.05) is 49.3 Å². The molecule has 0 atom stereocenters. The van der Waals surface area contributed by atoms with E-state index in [0.717, 1.165) is 24.3 Å². The number of rotatable bonds is 7. The topological polar surface area (TPSA) is 81.8 Å². The minimum absolute atomic E-state index is 0.0418. The Morgan fingerprint density at radius 2 is 1.70 bits per heavy atom. The zero-order valence-electron chi connectivity index (χ0n) is 17.8. The van der Waals surface area contributed by atoms with E-state index in [9.17, 15) is 13.2 Å². The van der Waals surface area contributed by atoms with Gasteiger partial charge in [0.2, 0.25) is 15.9 Å². The summed E-state index contributed by atoms with van der Waals surface area (Å²) in [5, 5.41) is 5.92. The zero-order chi connectivity index (χ0) is 21.7. The van der Waals surface area contributed by atoms with Gasteiger partial charge in [-0.05, 0) is 68.1 Å². The summed E-state index contributed by atoms with van der Waals surface area (Å²) in [6, 6.07) is 12.8. The van der Waals surface area contributed by atoms with E-state index in [0.29, 0.717) is 5.69 Å².